The monoisotopic (exact) mass is 331 g/mol. The van der Waals surface area contributed by atoms with E-state index < -0.39 is 0 Å². The van der Waals surface area contributed by atoms with Crippen LogP contribution in [0.5, 0.6) is 0 Å². The smallest absolute Gasteiger partial charge is 0.225 e. The highest BCUT2D eigenvalue weighted by molar-refractivity contribution is 5.81. The van der Waals surface area contributed by atoms with Gasteiger partial charge in [-0.05, 0) is 37.0 Å². The standard InChI is InChI=1S/C19H29N3O2/c1-14(2)11-21-12-16(17-20-7-10-24-17)19(13-21)5-8-22(9-6-19)18(23)15-3-4-15/h7,10,14-16H,3-6,8-9,11-13H2,1-2H3. The van der Waals surface area contributed by atoms with Gasteiger partial charge in [-0.3, -0.25) is 4.79 Å². The minimum atomic E-state index is 0.222. The number of aromatic nitrogens is 1. The van der Waals surface area contributed by atoms with Crippen LogP contribution in [0.3, 0.4) is 0 Å². The number of likely N-dealkylation sites (tertiary alicyclic amines) is 2. The van der Waals surface area contributed by atoms with Gasteiger partial charge in [0.1, 0.15) is 6.26 Å². The molecule has 4 rings (SSSR count). The molecule has 0 radical (unpaired) electrons. The molecule has 2 aliphatic heterocycles. The zero-order valence-electron chi connectivity index (χ0n) is 14.9. The Bertz CT molecular complexity index is 571. The van der Waals surface area contributed by atoms with Gasteiger partial charge in [-0.15, -0.1) is 0 Å². The summed E-state index contributed by atoms with van der Waals surface area (Å²) in [4.78, 5) is 21.5. The van der Waals surface area contributed by atoms with E-state index in [4.69, 9.17) is 4.42 Å². The summed E-state index contributed by atoms with van der Waals surface area (Å²) < 4.78 is 5.70. The molecule has 1 aliphatic carbocycles. The van der Waals surface area contributed by atoms with Crippen molar-refractivity contribution in [3.05, 3.63) is 18.4 Å². The Morgan fingerprint density at radius 3 is 2.71 bits per heavy atom. The largest absolute Gasteiger partial charge is 0.449 e. The van der Waals surface area contributed by atoms with Crippen LogP contribution >= 0.6 is 0 Å². The minimum Gasteiger partial charge on any atom is -0.449 e. The van der Waals surface area contributed by atoms with Crippen molar-refractivity contribution in [2.24, 2.45) is 17.3 Å². The van der Waals surface area contributed by atoms with Gasteiger partial charge in [0.2, 0.25) is 5.91 Å². The first-order chi connectivity index (χ1) is 11.6. The highest BCUT2D eigenvalue weighted by Crippen LogP contribution is 2.50. The van der Waals surface area contributed by atoms with Gasteiger partial charge >= 0.3 is 0 Å². The molecular formula is C19H29N3O2. The van der Waals surface area contributed by atoms with Crippen LogP contribution < -0.4 is 0 Å². The average molecular weight is 331 g/mol. The normalized spacial score (nSPS) is 27.3. The summed E-state index contributed by atoms with van der Waals surface area (Å²) in [5.74, 6) is 2.66. The number of carbonyl (C=O) groups excluding carboxylic acids is 1. The first kappa shape index (κ1) is 16.1. The van der Waals surface area contributed by atoms with Gasteiger partial charge in [0, 0.05) is 38.6 Å². The van der Waals surface area contributed by atoms with Crippen molar-refractivity contribution in [2.45, 2.75) is 45.4 Å². The van der Waals surface area contributed by atoms with E-state index in [1.807, 2.05) is 0 Å². The van der Waals surface area contributed by atoms with Crippen molar-refractivity contribution < 1.29 is 9.21 Å². The minimum absolute atomic E-state index is 0.222. The Balaban J connectivity index is 1.49. The molecule has 1 unspecified atom stereocenters. The van der Waals surface area contributed by atoms with Crippen molar-refractivity contribution in [1.82, 2.24) is 14.8 Å². The van der Waals surface area contributed by atoms with E-state index in [0.717, 1.165) is 64.3 Å². The van der Waals surface area contributed by atoms with Crippen LogP contribution in [-0.2, 0) is 4.79 Å². The molecule has 5 heteroatoms. The Kier molecular flexibility index (Phi) is 4.15. The molecule has 5 nitrogen and oxygen atoms in total. The number of nitrogens with zero attached hydrogens (tertiary/aromatic N) is 3. The summed E-state index contributed by atoms with van der Waals surface area (Å²) in [5.41, 5.74) is 0.222. The summed E-state index contributed by atoms with van der Waals surface area (Å²) in [6, 6.07) is 0. The Morgan fingerprint density at radius 1 is 1.38 bits per heavy atom. The summed E-state index contributed by atoms with van der Waals surface area (Å²) in [6.07, 6.45) is 7.81. The van der Waals surface area contributed by atoms with Crippen LogP contribution in [0.15, 0.2) is 16.9 Å². The predicted octanol–water partition coefficient (Wildman–Crippen LogP) is 2.75. The quantitative estimate of drug-likeness (QED) is 0.851. The second-order valence-corrected chi connectivity index (χ2v) is 8.47. The van der Waals surface area contributed by atoms with Crippen LogP contribution in [0, 0.1) is 17.3 Å². The lowest BCUT2D eigenvalue weighted by atomic mass is 9.70. The molecule has 1 saturated carbocycles. The maximum absolute atomic E-state index is 12.4. The predicted molar refractivity (Wildman–Crippen MR) is 91.5 cm³/mol. The summed E-state index contributed by atoms with van der Waals surface area (Å²) in [7, 11) is 0. The molecular weight excluding hydrogens is 302 g/mol. The average Bonchev–Trinajstić information content (AvgIpc) is 3.16. The third-order valence-corrected chi connectivity index (χ3v) is 6.09. The van der Waals surface area contributed by atoms with Gasteiger partial charge in [0.15, 0.2) is 5.89 Å². The van der Waals surface area contributed by atoms with Crippen molar-refractivity contribution in [2.75, 3.05) is 32.7 Å². The molecule has 1 atom stereocenters. The van der Waals surface area contributed by atoms with Crippen molar-refractivity contribution in [3.8, 4) is 0 Å². The van der Waals surface area contributed by atoms with E-state index in [2.05, 4.69) is 28.6 Å². The summed E-state index contributed by atoms with van der Waals surface area (Å²) in [5, 5.41) is 0. The number of hydrogen-bond donors (Lipinski definition) is 0. The van der Waals surface area contributed by atoms with Crippen LogP contribution in [-0.4, -0.2) is 53.4 Å². The van der Waals surface area contributed by atoms with Crippen LogP contribution in [0.2, 0.25) is 0 Å². The van der Waals surface area contributed by atoms with E-state index in [9.17, 15) is 4.79 Å². The summed E-state index contributed by atoms with van der Waals surface area (Å²) in [6.45, 7) is 9.65. The molecule has 132 valence electrons. The van der Waals surface area contributed by atoms with Crippen molar-refractivity contribution >= 4 is 5.91 Å². The maximum Gasteiger partial charge on any atom is 0.225 e. The lowest BCUT2D eigenvalue weighted by Crippen LogP contribution is -2.46. The Hall–Kier alpha value is -1.36. The third-order valence-electron chi connectivity index (χ3n) is 6.09. The molecule has 1 spiro atoms. The number of oxazole rings is 1. The van der Waals surface area contributed by atoms with E-state index >= 15 is 0 Å². The molecule has 0 aromatic carbocycles. The number of rotatable bonds is 4. The van der Waals surface area contributed by atoms with Gasteiger partial charge in [-0.2, -0.15) is 0 Å². The topological polar surface area (TPSA) is 49.6 Å². The zero-order chi connectivity index (χ0) is 16.7. The lowest BCUT2D eigenvalue weighted by Gasteiger charge is -2.42. The first-order valence-corrected chi connectivity index (χ1v) is 9.48. The molecule has 1 aromatic rings. The fourth-order valence-electron chi connectivity index (χ4n) is 4.74. The first-order valence-electron chi connectivity index (χ1n) is 9.48. The van der Waals surface area contributed by atoms with Crippen molar-refractivity contribution in [1.29, 1.82) is 0 Å². The maximum atomic E-state index is 12.4. The third kappa shape index (κ3) is 2.99. The van der Waals surface area contributed by atoms with Crippen LogP contribution in [0.25, 0.3) is 0 Å². The van der Waals surface area contributed by atoms with E-state index in [-0.39, 0.29) is 5.41 Å². The van der Waals surface area contributed by atoms with E-state index in [1.54, 1.807) is 12.5 Å². The van der Waals surface area contributed by atoms with Gasteiger partial charge in [-0.1, -0.05) is 13.8 Å². The van der Waals surface area contributed by atoms with E-state index in [1.165, 1.54) is 0 Å². The molecule has 3 heterocycles. The van der Waals surface area contributed by atoms with E-state index in [0.29, 0.717) is 23.7 Å². The molecule has 1 amide bonds. The fraction of sp³-hybridized carbons (Fsp3) is 0.789. The lowest BCUT2D eigenvalue weighted by molar-refractivity contribution is -0.135. The number of piperidine rings is 1. The van der Waals surface area contributed by atoms with Gasteiger partial charge in [0.25, 0.3) is 0 Å². The fourth-order valence-corrected chi connectivity index (χ4v) is 4.74. The molecule has 0 N–H and O–H groups in total. The second kappa shape index (κ2) is 6.17. The molecule has 0 bridgehead atoms. The molecule has 24 heavy (non-hydrogen) atoms. The highest BCUT2D eigenvalue weighted by Gasteiger charge is 2.51. The molecule has 3 fully saturated rings. The van der Waals surface area contributed by atoms with Crippen LogP contribution in [0.4, 0.5) is 0 Å². The van der Waals surface area contributed by atoms with Gasteiger partial charge in [-0.25, -0.2) is 4.98 Å². The van der Waals surface area contributed by atoms with Gasteiger partial charge < -0.3 is 14.2 Å². The number of hydrogen-bond acceptors (Lipinski definition) is 4. The molecule has 3 aliphatic rings. The molecule has 1 aromatic heterocycles. The number of carbonyl (C=O) groups is 1. The Morgan fingerprint density at radius 2 is 2.12 bits per heavy atom. The van der Waals surface area contributed by atoms with Crippen LogP contribution in [0.1, 0.15) is 51.3 Å². The zero-order valence-corrected chi connectivity index (χ0v) is 14.9. The van der Waals surface area contributed by atoms with Crippen molar-refractivity contribution in [3.63, 3.8) is 0 Å². The SMILES string of the molecule is CC(C)CN1CC(c2ncco2)C2(CCN(C(=O)C3CC3)CC2)C1. The second-order valence-electron chi connectivity index (χ2n) is 8.47. The highest BCUT2D eigenvalue weighted by atomic mass is 16.3. The Labute approximate surface area is 144 Å². The molecule has 2 saturated heterocycles. The van der Waals surface area contributed by atoms with Gasteiger partial charge in [0.05, 0.1) is 12.1 Å². The number of amides is 1. The summed E-state index contributed by atoms with van der Waals surface area (Å²) >= 11 is 0.